The molecule has 0 radical (unpaired) electrons. The summed E-state index contributed by atoms with van der Waals surface area (Å²) in [6.07, 6.45) is 0. The summed E-state index contributed by atoms with van der Waals surface area (Å²) in [6.45, 7) is 12.0. The molecule has 1 aromatic heterocycles. The van der Waals surface area contributed by atoms with Gasteiger partial charge in [0.25, 0.3) is 0 Å². The maximum Gasteiger partial charge on any atom is 0.188 e. The van der Waals surface area contributed by atoms with Gasteiger partial charge in [0.05, 0.1) is 6.07 Å². The fourth-order valence-electron chi connectivity index (χ4n) is 1.76. The van der Waals surface area contributed by atoms with E-state index in [2.05, 4.69) is 21.4 Å². The van der Waals surface area contributed by atoms with Crippen molar-refractivity contribution in [3.63, 3.8) is 0 Å². The van der Waals surface area contributed by atoms with Crippen molar-refractivity contribution in [3.8, 4) is 6.07 Å². The van der Waals surface area contributed by atoms with Gasteiger partial charge in [0.1, 0.15) is 5.54 Å². The van der Waals surface area contributed by atoms with E-state index < -0.39 is 5.54 Å². The van der Waals surface area contributed by atoms with Gasteiger partial charge in [-0.15, -0.1) is 0 Å². The van der Waals surface area contributed by atoms with Gasteiger partial charge in [0.15, 0.2) is 5.16 Å². The number of hydrogen-bond donors (Lipinski definition) is 1. The average Bonchev–Trinajstić information content (AvgIpc) is 2.32. The molecule has 0 aliphatic carbocycles. The molecule has 4 nitrogen and oxygen atoms in total. The SMILES string of the molecule is Cc1nc(SCC(C)(C#N)NC(C)C)nc(C)c1C. The molecule has 0 saturated carbocycles. The number of nitrogens with one attached hydrogen (secondary N) is 1. The van der Waals surface area contributed by atoms with E-state index >= 15 is 0 Å². The quantitative estimate of drug-likeness (QED) is 0.663. The van der Waals surface area contributed by atoms with Crippen molar-refractivity contribution in [1.29, 1.82) is 5.26 Å². The van der Waals surface area contributed by atoms with E-state index in [0.717, 1.165) is 22.1 Å². The van der Waals surface area contributed by atoms with Crippen molar-refractivity contribution in [1.82, 2.24) is 15.3 Å². The lowest BCUT2D eigenvalue weighted by molar-refractivity contribution is 0.443. The van der Waals surface area contributed by atoms with Crippen LogP contribution in [0.25, 0.3) is 0 Å². The van der Waals surface area contributed by atoms with Crippen LogP contribution in [-0.4, -0.2) is 27.3 Å². The molecule has 0 fully saturated rings. The predicted octanol–water partition coefficient (Wildman–Crippen LogP) is 2.77. The van der Waals surface area contributed by atoms with Crippen molar-refractivity contribution in [3.05, 3.63) is 17.0 Å². The predicted molar refractivity (Wildman–Crippen MR) is 79.3 cm³/mol. The number of rotatable bonds is 5. The summed E-state index contributed by atoms with van der Waals surface area (Å²) in [4.78, 5) is 8.93. The molecule has 1 heterocycles. The lowest BCUT2D eigenvalue weighted by atomic mass is 10.1. The molecule has 104 valence electrons. The van der Waals surface area contributed by atoms with Crippen molar-refractivity contribution < 1.29 is 0 Å². The fraction of sp³-hybridized carbons (Fsp3) is 0.643. The summed E-state index contributed by atoms with van der Waals surface area (Å²) < 4.78 is 0. The number of thioether (sulfide) groups is 1. The molecule has 0 spiro atoms. The zero-order valence-corrected chi connectivity index (χ0v) is 13.4. The van der Waals surface area contributed by atoms with E-state index in [1.807, 2.05) is 41.5 Å². The molecule has 0 aliphatic rings. The summed E-state index contributed by atoms with van der Waals surface area (Å²) in [5.74, 6) is 0.629. The van der Waals surface area contributed by atoms with Crippen LogP contribution in [0.15, 0.2) is 5.16 Å². The van der Waals surface area contributed by atoms with Gasteiger partial charge in [0, 0.05) is 23.2 Å². The molecule has 0 bridgehead atoms. The summed E-state index contributed by atoms with van der Waals surface area (Å²) in [5, 5.41) is 13.3. The van der Waals surface area contributed by atoms with Gasteiger partial charge in [-0.2, -0.15) is 5.26 Å². The molecule has 1 atom stereocenters. The Morgan fingerprint density at radius 2 is 1.79 bits per heavy atom. The number of hydrogen-bond acceptors (Lipinski definition) is 5. The van der Waals surface area contributed by atoms with Crippen LogP contribution in [0.4, 0.5) is 0 Å². The minimum absolute atomic E-state index is 0.271. The first-order valence-electron chi connectivity index (χ1n) is 6.41. The van der Waals surface area contributed by atoms with Gasteiger partial charge in [-0.3, -0.25) is 5.32 Å². The standard InChI is InChI=1S/C14H22N4S/c1-9(2)18-14(6,7-15)8-19-13-16-11(4)10(3)12(5)17-13/h9,18H,8H2,1-6H3. The van der Waals surface area contributed by atoms with Crippen molar-refractivity contribution >= 4 is 11.8 Å². The van der Waals surface area contributed by atoms with Crippen LogP contribution in [-0.2, 0) is 0 Å². The topological polar surface area (TPSA) is 61.6 Å². The van der Waals surface area contributed by atoms with Gasteiger partial charge >= 0.3 is 0 Å². The van der Waals surface area contributed by atoms with E-state index in [1.54, 1.807) is 0 Å². The van der Waals surface area contributed by atoms with Crippen molar-refractivity contribution in [2.45, 2.75) is 58.3 Å². The fourth-order valence-corrected chi connectivity index (χ4v) is 2.73. The Bertz CT molecular complexity index is 470. The van der Waals surface area contributed by atoms with Crippen LogP contribution in [0.3, 0.4) is 0 Å². The molecule has 19 heavy (non-hydrogen) atoms. The lowest BCUT2D eigenvalue weighted by Crippen LogP contribution is -2.47. The summed E-state index contributed by atoms with van der Waals surface area (Å²) in [6, 6.07) is 2.60. The molecule has 1 rings (SSSR count). The Hall–Kier alpha value is -1.12. The van der Waals surface area contributed by atoms with Crippen LogP contribution in [0, 0.1) is 32.1 Å². The number of nitrogens with zero attached hydrogens (tertiary/aromatic N) is 3. The largest absolute Gasteiger partial charge is 0.297 e. The molecule has 0 aliphatic heterocycles. The molecular formula is C14H22N4S. The van der Waals surface area contributed by atoms with Crippen molar-refractivity contribution in [2.24, 2.45) is 0 Å². The number of nitriles is 1. The highest BCUT2D eigenvalue weighted by Crippen LogP contribution is 2.21. The second-order valence-corrected chi connectivity index (χ2v) is 6.28. The number of aryl methyl sites for hydroxylation is 2. The first-order valence-corrected chi connectivity index (χ1v) is 7.39. The van der Waals surface area contributed by atoms with Gasteiger partial charge in [-0.25, -0.2) is 9.97 Å². The Morgan fingerprint density at radius 1 is 1.26 bits per heavy atom. The minimum atomic E-state index is -0.561. The maximum absolute atomic E-state index is 9.30. The monoisotopic (exact) mass is 278 g/mol. The molecular weight excluding hydrogens is 256 g/mol. The highest BCUT2D eigenvalue weighted by atomic mass is 32.2. The second-order valence-electron chi connectivity index (χ2n) is 5.33. The third-order valence-corrected chi connectivity index (χ3v) is 4.12. The molecule has 0 saturated heterocycles. The molecule has 1 N–H and O–H groups in total. The molecule has 0 aromatic carbocycles. The van der Waals surface area contributed by atoms with Crippen LogP contribution in [0.2, 0.25) is 0 Å². The van der Waals surface area contributed by atoms with Gasteiger partial charge in [0.2, 0.25) is 0 Å². The van der Waals surface area contributed by atoms with Crippen LogP contribution in [0.1, 0.15) is 37.7 Å². The third kappa shape index (κ3) is 4.48. The van der Waals surface area contributed by atoms with E-state index in [0.29, 0.717) is 5.75 Å². The third-order valence-electron chi connectivity index (χ3n) is 2.96. The maximum atomic E-state index is 9.30. The lowest BCUT2D eigenvalue weighted by Gasteiger charge is -2.25. The zero-order chi connectivity index (χ0) is 14.6. The van der Waals surface area contributed by atoms with Crippen LogP contribution in [0.5, 0.6) is 0 Å². The molecule has 1 aromatic rings. The average molecular weight is 278 g/mol. The van der Waals surface area contributed by atoms with E-state index in [4.69, 9.17) is 0 Å². The second kappa shape index (κ2) is 6.36. The van der Waals surface area contributed by atoms with Gasteiger partial charge in [-0.1, -0.05) is 11.8 Å². The number of aromatic nitrogens is 2. The molecule has 0 amide bonds. The van der Waals surface area contributed by atoms with E-state index in [1.165, 1.54) is 11.8 Å². The summed E-state index contributed by atoms with van der Waals surface area (Å²) in [5.41, 5.74) is 2.58. The molecule has 1 unspecified atom stereocenters. The highest BCUT2D eigenvalue weighted by molar-refractivity contribution is 7.99. The van der Waals surface area contributed by atoms with Crippen LogP contribution >= 0.6 is 11.8 Å². The smallest absolute Gasteiger partial charge is 0.188 e. The Labute approximate surface area is 120 Å². The summed E-state index contributed by atoms with van der Waals surface area (Å²) >= 11 is 1.52. The zero-order valence-electron chi connectivity index (χ0n) is 12.5. The molecule has 5 heteroatoms. The Balaban J connectivity index is 2.79. The Morgan fingerprint density at radius 3 is 2.21 bits per heavy atom. The first kappa shape index (κ1) is 15.9. The highest BCUT2D eigenvalue weighted by Gasteiger charge is 2.25. The van der Waals surface area contributed by atoms with E-state index in [9.17, 15) is 5.26 Å². The van der Waals surface area contributed by atoms with E-state index in [-0.39, 0.29) is 6.04 Å². The van der Waals surface area contributed by atoms with Gasteiger partial charge in [-0.05, 0) is 47.1 Å². The normalized spacial score (nSPS) is 14.2. The summed E-state index contributed by atoms with van der Waals surface area (Å²) in [7, 11) is 0. The van der Waals surface area contributed by atoms with Gasteiger partial charge < -0.3 is 0 Å². The van der Waals surface area contributed by atoms with Crippen molar-refractivity contribution in [2.75, 3.05) is 5.75 Å². The minimum Gasteiger partial charge on any atom is -0.297 e. The van der Waals surface area contributed by atoms with Crippen LogP contribution < -0.4 is 5.32 Å². The first-order chi connectivity index (χ1) is 8.77. The Kier molecular flexibility index (Phi) is 5.33.